The van der Waals surface area contributed by atoms with Crippen LogP contribution in [0.25, 0.3) is 0 Å². The van der Waals surface area contributed by atoms with Crippen LogP contribution < -0.4 is 16.4 Å². The maximum Gasteiger partial charge on any atom is 0.292 e. The number of nitrogens with zero attached hydrogens (tertiary/aromatic N) is 1. The fourth-order valence-electron chi connectivity index (χ4n) is 1.31. The number of anilines is 1. The summed E-state index contributed by atoms with van der Waals surface area (Å²) < 4.78 is 0. The van der Waals surface area contributed by atoms with Gasteiger partial charge in [-0.1, -0.05) is 6.07 Å². The van der Waals surface area contributed by atoms with Gasteiger partial charge in [-0.15, -0.1) is 0 Å². The van der Waals surface area contributed by atoms with E-state index in [-0.39, 0.29) is 16.9 Å². The first-order chi connectivity index (χ1) is 8.07. The third kappa shape index (κ3) is 3.15. The summed E-state index contributed by atoms with van der Waals surface area (Å²) in [6.07, 6.45) is 0. The Morgan fingerprint density at radius 1 is 1.47 bits per heavy atom. The number of nitro groups is 1. The smallest absolute Gasteiger partial charge is 0.292 e. The molecule has 0 aliphatic heterocycles. The third-order valence-electron chi connectivity index (χ3n) is 2.18. The highest BCUT2D eigenvalue weighted by molar-refractivity contribution is 6.00. The first-order valence-electron chi connectivity index (χ1n) is 5.03. The van der Waals surface area contributed by atoms with Gasteiger partial charge in [0, 0.05) is 19.2 Å². The Morgan fingerprint density at radius 3 is 2.76 bits per heavy atom. The Kier molecular flexibility index (Phi) is 4.41. The highest BCUT2D eigenvalue weighted by Gasteiger charge is 2.18. The summed E-state index contributed by atoms with van der Waals surface area (Å²) in [6, 6.07) is 4.15. The predicted molar refractivity (Wildman–Crippen MR) is 63.8 cm³/mol. The molecule has 1 aromatic rings. The van der Waals surface area contributed by atoms with Gasteiger partial charge < -0.3 is 16.4 Å². The van der Waals surface area contributed by atoms with E-state index in [1.807, 2.05) is 0 Å². The second-order valence-electron chi connectivity index (χ2n) is 3.35. The molecule has 0 saturated heterocycles. The maximum atomic E-state index is 11.7. The summed E-state index contributed by atoms with van der Waals surface area (Å²) in [5.74, 6) is -0.415. The average molecular weight is 238 g/mol. The lowest BCUT2D eigenvalue weighted by molar-refractivity contribution is -0.383. The van der Waals surface area contributed by atoms with Crippen LogP contribution in [-0.2, 0) is 0 Å². The Bertz CT molecular complexity index is 434. The summed E-state index contributed by atoms with van der Waals surface area (Å²) in [5.41, 5.74) is 5.32. The van der Waals surface area contributed by atoms with E-state index in [4.69, 9.17) is 5.73 Å². The number of nitro benzene ring substituents is 1. The number of amides is 1. The van der Waals surface area contributed by atoms with Crippen LogP contribution in [-0.4, -0.2) is 31.0 Å². The molecule has 0 spiro atoms. The molecule has 0 atom stereocenters. The van der Waals surface area contributed by atoms with Crippen LogP contribution >= 0.6 is 0 Å². The number of hydrogen-bond donors (Lipinski definition) is 3. The molecule has 1 aromatic carbocycles. The van der Waals surface area contributed by atoms with Crippen LogP contribution in [0.15, 0.2) is 18.2 Å². The molecule has 0 radical (unpaired) electrons. The molecule has 1 amide bonds. The number of nitrogens with two attached hydrogens (primary N) is 1. The molecular formula is C10H14N4O3. The molecule has 0 aliphatic carbocycles. The van der Waals surface area contributed by atoms with Crippen molar-refractivity contribution in [3.05, 3.63) is 33.9 Å². The second-order valence-corrected chi connectivity index (χ2v) is 3.35. The number of nitrogen functional groups attached to an aromatic ring is 1. The molecule has 92 valence electrons. The minimum atomic E-state index is -0.611. The molecule has 0 unspecified atom stereocenters. The van der Waals surface area contributed by atoms with Crippen molar-refractivity contribution in [2.24, 2.45) is 0 Å². The fraction of sp³-hybridized carbons (Fsp3) is 0.300. The first kappa shape index (κ1) is 12.9. The maximum absolute atomic E-state index is 11.7. The SMILES string of the molecule is CNCCNC(=O)c1cccc([N+](=O)[O-])c1N. The molecule has 17 heavy (non-hydrogen) atoms. The van der Waals surface area contributed by atoms with Crippen LogP contribution in [0.3, 0.4) is 0 Å². The van der Waals surface area contributed by atoms with Crippen molar-refractivity contribution in [3.63, 3.8) is 0 Å². The average Bonchev–Trinajstić information content (AvgIpc) is 2.29. The number of para-hydroxylation sites is 1. The van der Waals surface area contributed by atoms with E-state index >= 15 is 0 Å². The zero-order valence-electron chi connectivity index (χ0n) is 9.40. The van der Waals surface area contributed by atoms with E-state index in [9.17, 15) is 14.9 Å². The zero-order valence-corrected chi connectivity index (χ0v) is 9.40. The topological polar surface area (TPSA) is 110 Å². The first-order valence-corrected chi connectivity index (χ1v) is 5.03. The summed E-state index contributed by atoms with van der Waals surface area (Å²) in [4.78, 5) is 21.7. The Labute approximate surface area is 98.1 Å². The summed E-state index contributed by atoms with van der Waals surface area (Å²) in [7, 11) is 1.76. The molecule has 0 aromatic heterocycles. The molecule has 0 saturated carbocycles. The molecule has 4 N–H and O–H groups in total. The molecule has 7 heteroatoms. The molecule has 0 fully saturated rings. The highest BCUT2D eigenvalue weighted by atomic mass is 16.6. The van der Waals surface area contributed by atoms with Gasteiger partial charge in [0.1, 0.15) is 5.69 Å². The number of nitrogens with one attached hydrogen (secondary N) is 2. The van der Waals surface area contributed by atoms with Crippen molar-refractivity contribution in [2.45, 2.75) is 0 Å². The molecule has 0 bridgehead atoms. The number of carbonyl (C=O) groups excluding carboxylic acids is 1. The second kappa shape index (κ2) is 5.80. The largest absolute Gasteiger partial charge is 0.393 e. The lowest BCUT2D eigenvalue weighted by Gasteiger charge is -2.07. The number of rotatable bonds is 5. The van der Waals surface area contributed by atoms with Crippen LogP contribution in [0.2, 0.25) is 0 Å². The quantitative estimate of drug-likeness (QED) is 0.292. The van der Waals surface area contributed by atoms with E-state index in [1.165, 1.54) is 18.2 Å². The fourth-order valence-corrected chi connectivity index (χ4v) is 1.31. The van der Waals surface area contributed by atoms with Crippen molar-refractivity contribution >= 4 is 17.3 Å². The van der Waals surface area contributed by atoms with Gasteiger partial charge in [-0.05, 0) is 13.1 Å². The number of hydrogen-bond acceptors (Lipinski definition) is 5. The van der Waals surface area contributed by atoms with Crippen molar-refractivity contribution < 1.29 is 9.72 Å². The van der Waals surface area contributed by atoms with Crippen molar-refractivity contribution in [2.75, 3.05) is 25.9 Å². The highest BCUT2D eigenvalue weighted by Crippen LogP contribution is 2.24. The van der Waals surface area contributed by atoms with Gasteiger partial charge in [-0.3, -0.25) is 14.9 Å². The molecule has 0 heterocycles. The molecular weight excluding hydrogens is 224 g/mol. The molecule has 0 aliphatic rings. The standard InChI is InChI=1S/C10H14N4O3/c1-12-5-6-13-10(15)7-3-2-4-8(9(7)11)14(16)17/h2-4,12H,5-6,11H2,1H3,(H,13,15). The monoisotopic (exact) mass is 238 g/mol. The van der Waals surface area contributed by atoms with Crippen molar-refractivity contribution in [1.82, 2.24) is 10.6 Å². The van der Waals surface area contributed by atoms with E-state index in [2.05, 4.69) is 10.6 Å². The molecule has 1 rings (SSSR count). The van der Waals surface area contributed by atoms with Crippen molar-refractivity contribution in [1.29, 1.82) is 0 Å². The Hall–Kier alpha value is -2.15. The minimum absolute atomic E-state index is 0.112. The van der Waals surface area contributed by atoms with E-state index < -0.39 is 10.8 Å². The summed E-state index contributed by atoms with van der Waals surface area (Å²) in [6.45, 7) is 1.04. The van der Waals surface area contributed by atoms with Crippen LogP contribution in [0, 0.1) is 10.1 Å². The van der Waals surface area contributed by atoms with Gasteiger partial charge in [0.25, 0.3) is 11.6 Å². The summed E-state index contributed by atoms with van der Waals surface area (Å²) >= 11 is 0. The lowest BCUT2D eigenvalue weighted by Crippen LogP contribution is -2.30. The van der Waals surface area contributed by atoms with Crippen LogP contribution in [0.1, 0.15) is 10.4 Å². The van der Waals surface area contributed by atoms with Gasteiger partial charge in [0.2, 0.25) is 0 Å². The zero-order chi connectivity index (χ0) is 12.8. The van der Waals surface area contributed by atoms with Gasteiger partial charge in [-0.2, -0.15) is 0 Å². The number of carbonyl (C=O) groups is 1. The van der Waals surface area contributed by atoms with Crippen molar-refractivity contribution in [3.8, 4) is 0 Å². The third-order valence-corrected chi connectivity index (χ3v) is 2.18. The summed E-state index contributed by atoms with van der Waals surface area (Å²) in [5, 5.41) is 16.1. The Balaban J connectivity index is 2.87. The van der Waals surface area contributed by atoms with Gasteiger partial charge >= 0.3 is 0 Å². The number of likely N-dealkylation sites (N-methyl/N-ethyl adjacent to an activating group) is 1. The predicted octanol–water partition coefficient (Wildman–Crippen LogP) is 0.126. The van der Waals surface area contributed by atoms with Crippen LogP contribution in [0.4, 0.5) is 11.4 Å². The normalized spacial score (nSPS) is 9.94. The molecule has 7 nitrogen and oxygen atoms in total. The van der Waals surface area contributed by atoms with Gasteiger partial charge in [0.15, 0.2) is 0 Å². The van der Waals surface area contributed by atoms with Crippen LogP contribution in [0.5, 0.6) is 0 Å². The number of benzene rings is 1. The van der Waals surface area contributed by atoms with Gasteiger partial charge in [-0.25, -0.2) is 0 Å². The Morgan fingerprint density at radius 2 is 2.18 bits per heavy atom. The lowest BCUT2D eigenvalue weighted by atomic mass is 10.1. The van der Waals surface area contributed by atoms with Gasteiger partial charge in [0.05, 0.1) is 10.5 Å². The minimum Gasteiger partial charge on any atom is -0.393 e. The van der Waals surface area contributed by atoms with E-state index in [0.29, 0.717) is 13.1 Å². The van der Waals surface area contributed by atoms with E-state index in [0.717, 1.165) is 0 Å². The van der Waals surface area contributed by atoms with E-state index in [1.54, 1.807) is 7.05 Å².